The number of nitriles is 1. The Morgan fingerprint density at radius 2 is 1.92 bits per heavy atom. The molecule has 1 heterocycles. The van der Waals surface area contributed by atoms with Crippen molar-refractivity contribution >= 4 is 0 Å². The lowest BCUT2D eigenvalue weighted by molar-refractivity contribution is 0.325. The summed E-state index contributed by atoms with van der Waals surface area (Å²) in [5, 5.41) is 9.48. The number of hydrogen-bond acceptors (Lipinski definition) is 5. The zero-order valence-corrected chi connectivity index (χ0v) is 14.8. The van der Waals surface area contributed by atoms with Crippen molar-refractivity contribution in [1.82, 2.24) is 4.98 Å². The first-order valence-corrected chi connectivity index (χ1v) is 7.90. The molecule has 0 radical (unpaired) electrons. The number of aromatic amines is 1. The average molecular weight is 341 g/mol. The van der Waals surface area contributed by atoms with E-state index in [9.17, 15) is 5.26 Å². The van der Waals surface area contributed by atoms with Crippen molar-refractivity contribution in [2.45, 2.75) is 12.8 Å². The number of nitrogens with zero attached hydrogens (tertiary/aromatic N) is 1. The molecule has 0 saturated heterocycles. The Balaban J connectivity index is 2.82. The Kier molecular flexibility index (Phi) is 6.09. The smallest absolute Gasteiger partial charge is 0.203 e. The zero-order valence-electron chi connectivity index (χ0n) is 14.8. The molecular weight excluding hydrogens is 318 g/mol. The predicted molar refractivity (Wildman–Crippen MR) is 97.3 cm³/mol. The molecule has 6 nitrogen and oxygen atoms in total. The third kappa shape index (κ3) is 3.32. The van der Waals surface area contributed by atoms with Crippen LogP contribution in [0.15, 0.2) is 24.8 Å². The van der Waals surface area contributed by atoms with E-state index in [-0.39, 0.29) is 0 Å². The number of ether oxygens (including phenoxy) is 3. The molecule has 6 heteroatoms. The number of hydrogen-bond donors (Lipinski definition) is 2. The number of nitrogens with one attached hydrogen (secondary N) is 1. The van der Waals surface area contributed by atoms with Gasteiger partial charge in [-0.3, -0.25) is 0 Å². The SMILES string of the molecule is C=CCc1c(C#N)[nH]c(CCN)c1-c1ccc(OC)c(OC)c1OC. The molecule has 0 spiro atoms. The normalized spacial score (nSPS) is 10.2. The third-order valence-corrected chi connectivity index (χ3v) is 4.01. The van der Waals surface area contributed by atoms with Gasteiger partial charge >= 0.3 is 0 Å². The first-order chi connectivity index (χ1) is 12.2. The fourth-order valence-corrected chi connectivity index (χ4v) is 2.99. The van der Waals surface area contributed by atoms with E-state index in [4.69, 9.17) is 19.9 Å². The summed E-state index contributed by atoms with van der Waals surface area (Å²) in [6.45, 7) is 4.26. The zero-order chi connectivity index (χ0) is 18.4. The molecule has 2 aromatic rings. The summed E-state index contributed by atoms with van der Waals surface area (Å²) in [5.74, 6) is 1.63. The molecule has 1 aromatic heterocycles. The second-order valence-electron chi connectivity index (χ2n) is 5.36. The van der Waals surface area contributed by atoms with Crippen LogP contribution in [0.2, 0.25) is 0 Å². The van der Waals surface area contributed by atoms with E-state index in [1.807, 2.05) is 12.1 Å². The molecule has 0 amide bonds. The number of H-pyrrole nitrogens is 1. The number of benzene rings is 1. The quantitative estimate of drug-likeness (QED) is 0.720. The topological polar surface area (TPSA) is 93.3 Å². The maximum atomic E-state index is 9.48. The molecule has 0 aliphatic heterocycles. The minimum atomic E-state index is 0.460. The predicted octanol–water partition coefficient (Wildman–Crippen LogP) is 2.81. The Hall–Kier alpha value is -2.91. The Labute approximate surface area is 147 Å². The van der Waals surface area contributed by atoms with Crippen LogP contribution in [0.1, 0.15) is 17.0 Å². The van der Waals surface area contributed by atoms with Gasteiger partial charge in [-0.25, -0.2) is 0 Å². The van der Waals surface area contributed by atoms with Crippen LogP contribution in [0.4, 0.5) is 0 Å². The van der Waals surface area contributed by atoms with Crippen molar-refractivity contribution in [3.8, 4) is 34.4 Å². The maximum Gasteiger partial charge on any atom is 0.203 e. The van der Waals surface area contributed by atoms with Crippen LogP contribution in [0.3, 0.4) is 0 Å². The van der Waals surface area contributed by atoms with Crippen molar-refractivity contribution < 1.29 is 14.2 Å². The van der Waals surface area contributed by atoms with Crippen molar-refractivity contribution in [2.24, 2.45) is 5.73 Å². The minimum Gasteiger partial charge on any atom is -0.493 e. The lowest BCUT2D eigenvalue weighted by Gasteiger charge is -2.17. The molecule has 132 valence electrons. The molecule has 0 aliphatic rings. The molecule has 3 N–H and O–H groups in total. The number of aromatic nitrogens is 1. The molecule has 0 bridgehead atoms. The fourth-order valence-electron chi connectivity index (χ4n) is 2.99. The molecular formula is C19H23N3O3. The van der Waals surface area contributed by atoms with E-state index < -0.39 is 0 Å². The van der Waals surface area contributed by atoms with E-state index in [0.29, 0.717) is 42.3 Å². The van der Waals surface area contributed by atoms with E-state index >= 15 is 0 Å². The van der Waals surface area contributed by atoms with Gasteiger partial charge in [-0.1, -0.05) is 6.08 Å². The summed E-state index contributed by atoms with van der Waals surface area (Å²) in [6.07, 6.45) is 2.93. The first kappa shape index (κ1) is 18.4. The molecule has 0 atom stereocenters. The highest BCUT2D eigenvalue weighted by atomic mass is 16.5. The standard InChI is InChI=1S/C19H23N3O3/c1-5-6-12-15(11-21)22-14(9-10-20)17(12)13-7-8-16(23-2)19(25-4)18(13)24-3/h5,7-8,22H,1,6,9-10,20H2,2-4H3. The van der Waals surface area contributed by atoms with Crippen LogP contribution in [-0.4, -0.2) is 32.9 Å². The molecule has 25 heavy (non-hydrogen) atoms. The van der Waals surface area contributed by atoms with Gasteiger partial charge in [0.1, 0.15) is 11.8 Å². The Morgan fingerprint density at radius 1 is 1.20 bits per heavy atom. The van der Waals surface area contributed by atoms with E-state index in [1.165, 1.54) is 0 Å². The van der Waals surface area contributed by atoms with Gasteiger partial charge in [0, 0.05) is 23.2 Å². The number of nitrogens with two attached hydrogens (primary N) is 1. The summed E-state index contributed by atoms with van der Waals surface area (Å²) >= 11 is 0. The van der Waals surface area contributed by atoms with E-state index in [0.717, 1.165) is 22.4 Å². The fraction of sp³-hybridized carbons (Fsp3) is 0.316. The molecule has 1 aromatic carbocycles. The van der Waals surface area contributed by atoms with E-state index in [1.54, 1.807) is 27.4 Å². The number of rotatable bonds is 8. The van der Waals surface area contributed by atoms with Gasteiger partial charge < -0.3 is 24.9 Å². The number of methoxy groups -OCH3 is 3. The Morgan fingerprint density at radius 3 is 2.44 bits per heavy atom. The number of allylic oxidation sites excluding steroid dienone is 1. The van der Waals surface area contributed by atoms with Crippen LogP contribution >= 0.6 is 0 Å². The van der Waals surface area contributed by atoms with Crippen molar-refractivity contribution in [3.05, 3.63) is 41.7 Å². The van der Waals surface area contributed by atoms with E-state index in [2.05, 4.69) is 17.6 Å². The van der Waals surface area contributed by atoms with Crippen LogP contribution in [0, 0.1) is 11.3 Å². The summed E-state index contributed by atoms with van der Waals surface area (Å²) in [7, 11) is 4.71. The van der Waals surface area contributed by atoms with Gasteiger partial charge in [-0.15, -0.1) is 6.58 Å². The van der Waals surface area contributed by atoms with Gasteiger partial charge in [0.2, 0.25) is 5.75 Å². The van der Waals surface area contributed by atoms with Crippen molar-refractivity contribution in [3.63, 3.8) is 0 Å². The second-order valence-corrected chi connectivity index (χ2v) is 5.36. The first-order valence-electron chi connectivity index (χ1n) is 7.90. The monoisotopic (exact) mass is 341 g/mol. The summed E-state index contributed by atoms with van der Waals surface area (Å²) in [4.78, 5) is 3.19. The minimum absolute atomic E-state index is 0.460. The second kappa shape index (κ2) is 8.27. The highest BCUT2D eigenvalue weighted by Gasteiger charge is 2.24. The van der Waals surface area contributed by atoms with Gasteiger partial charge in [-0.2, -0.15) is 5.26 Å². The van der Waals surface area contributed by atoms with Crippen LogP contribution in [-0.2, 0) is 12.8 Å². The summed E-state index contributed by atoms with van der Waals surface area (Å²) < 4.78 is 16.4. The van der Waals surface area contributed by atoms with Crippen LogP contribution < -0.4 is 19.9 Å². The molecule has 0 fully saturated rings. The van der Waals surface area contributed by atoms with Gasteiger partial charge in [-0.05, 0) is 30.7 Å². The van der Waals surface area contributed by atoms with Crippen molar-refractivity contribution in [1.29, 1.82) is 5.26 Å². The molecule has 0 aliphatic carbocycles. The summed E-state index contributed by atoms with van der Waals surface area (Å²) in [6, 6.07) is 5.94. The molecule has 0 saturated carbocycles. The highest BCUT2D eigenvalue weighted by Crippen LogP contribution is 2.46. The molecule has 2 rings (SSSR count). The Bertz CT molecular complexity index is 803. The van der Waals surface area contributed by atoms with Gasteiger partial charge in [0.15, 0.2) is 11.5 Å². The third-order valence-electron chi connectivity index (χ3n) is 4.01. The largest absolute Gasteiger partial charge is 0.493 e. The average Bonchev–Trinajstić information content (AvgIpc) is 2.98. The molecule has 0 unspecified atom stereocenters. The van der Waals surface area contributed by atoms with Crippen LogP contribution in [0.5, 0.6) is 17.2 Å². The van der Waals surface area contributed by atoms with Crippen molar-refractivity contribution in [2.75, 3.05) is 27.9 Å². The maximum absolute atomic E-state index is 9.48. The lowest BCUT2D eigenvalue weighted by atomic mass is 9.95. The van der Waals surface area contributed by atoms with Crippen LogP contribution in [0.25, 0.3) is 11.1 Å². The van der Waals surface area contributed by atoms with Gasteiger partial charge in [0.25, 0.3) is 0 Å². The highest BCUT2D eigenvalue weighted by molar-refractivity contribution is 5.82. The van der Waals surface area contributed by atoms with Gasteiger partial charge in [0.05, 0.1) is 21.3 Å². The lowest BCUT2D eigenvalue weighted by Crippen LogP contribution is -2.05. The summed E-state index contributed by atoms with van der Waals surface area (Å²) in [5.41, 5.74) is 9.74.